The van der Waals surface area contributed by atoms with Crippen LogP contribution in [0, 0.1) is 0 Å². The summed E-state index contributed by atoms with van der Waals surface area (Å²) in [7, 11) is 0. The molecule has 4 nitrogen and oxygen atoms in total. The first-order valence-corrected chi connectivity index (χ1v) is 6.65. The Bertz CT molecular complexity index is 554. The minimum atomic E-state index is 0.434. The van der Waals surface area contributed by atoms with Crippen LogP contribution in [-0.4, -0.2) is 30.7 Å². The highest BCUT2D eigenvalue weighted by Gasteiger charge is 2.21. The maximum atomic E-state index is 5.96. The number of aromatic nitrogens is 1. The molecule has 0 radical (unpaired) electrons. The Morgan fingerprint density at radius 2 is 2.33 bits per heavy atom. The van der Waals surface area contributed by atoms with Crippen LogP contribution in [0.5, 0.6) is 0 Å². The lowest BCUT2D eigenvalue weighted by Gasteiger charge is -2.24. The molecule has 1 aliphatic heterocycles. The van der Waals surface area contributed by atoms with Gasteiger partial charge in [-0.1, -0.05) is 11.6 Å². The molecule has 0 spiro atoms. The third-order valence-corrected chi connectivity index (χ3v) is 3.62. The molecule has 0 bridgehead atoms. The number of halogens is 1. The van der Waals surface area contributed by atoms with Crippen molar-refractivity contribution >= 4 is 28.7 Å². The molecule has 2 heterocycles. The van der Waals surface area contributed by atoms with E-state index in [1.54, 1.807) is 0 Å². The van der Waals surface area contributed by atoms with E-state index in [4.69, 9.17) is 16.0 Å². The Labute approximate surface area is 111 Å². The van der Waals surface area contributed by atoms with Crippen LogP contribution >= 0.6 is 11.6 Å². The summed E-state index contributed by atoms with van der Waals surface area (Å²) in [5, 5.41) is 4.08. The van der Waals surface area contributed by atoms with Crippen LogP contribution in [0.15, 0.2) is 22.6 Å². The first-order chi connectivity index (χ1) is 8.74. The van der Waals surface area contributed by atoms with Gasteiger partial charge in [-0.2, -0.15) is 4.98 Å². The van der Waals surface area contributed by atoms with Crippen molar-refractivity contribution in [2.75, 3.05) is 24.5 Å². The monoisotopic (exact) mass is 265 g/mol. The molecule has 0 amide bonds. The smallest absolute Gasteiger partial charge is 0.298 e. The number of hydrogen-bond acceptors (Lipinski definition) is 4. The Morgan fingerprint density at radius 3 is 3.22 bits per heavy atom. The minimum Gasteiger partial charge on any atom is -0.423 e. The molecule has 2 aromatic rings. The minimum absolute atomic E-state index is 0.434. The van der Waals surface area contributed by atoms with Crippen molar-refractivity contribution in [1.82, 2.24) is 10.3 Å². The number of nitrogens with one attached hydrogen (secondary N) is 1. The van der Waals surface area contributed by atoms with E-state index in [2.05, 4.69) is 22.1 Å². The highest BCUT2D eigenvalue weighted by atomic mass is 35.5. The quantitative estimate of drug-likeness (QED) is 0.861. The third kappa shape index (κ3) is 2.18. The molecule has 1 aromatic carbocycles. The van der Waals surface area contributed by atoms with Crippen molar-refractivity contribution < 1.29 is 4.42 Å². The van der Waals surface area contributed by atoms with Crippen LogP contribution in [-0.2, 0) is 0 Å². The van der Waals surface area contributed by atoms with Gasteiger partial charge in [-0.15, -0.1) is 0 Å². The van der Waals surface area contributed by atoms with Gasteiger partial charge in [-0.3, -0.25) is 0 Å². The fourth-order valence-corrected chi connectivity index (χ4v) is 2.47. The van der Waals surface area contributed by atoms with Gasteiger partial charge in [0.05, 0.1) is 0 Å². The van der Waals surface area contributed by atoms with Gasteiger partial charge in [0, 0.05) is 24.2 Å². The Hall–Kier alpha value is -1.26. The van der Waals surface area contributed by atoms with Gasteiger partial charge < -0.3 is 14.6 Å². The predicted octanol–water partition coefficient (Wildman–Crippen LogP) is 2.67. The number of benzene rings is 1. The van der Waals surface area contributed by atoms with E-state index in [0.29, 0.717) is 17.1 Å². The number of oxazole rings is 1. The highest BCUT2D eigenvalue weighted by Crippen LogP contribution is 2.26. The van der Waals surface area contributed by atoms with Gasteiger partial charge in [0.2, 0.25) is 0 Å². The third-order valence-electron chi connectivity index (χ3n) is 3.38. The van der Waals surface area contributed by atoms with Crippen LogP contribution in [0.4, 0.5) is 6.01 Å². The van der Waals surface area contributed by atoms with Gasteiger partial charge in [-0.05, 0) is 38.1 Å². The molecule has 18 heavy (non-hydrogen) atoms. The average Bonchev–Trinajstić information content (AvgIpc) is 2.63. The Balaban J connectivity index is 1.97. The molecule has 1 atom stereocenters. The van der Waals surface area contributed by atoms with Gasteiger partial charge in [-0.25, -0.2) is 0 Å². The number of hydrogen-bond donors (Lipinski definition) is 1. The average molecular weight is 266 g/mol. The lowest BCUT2D eigenvalue weighted by atomic mass is 10.2. The summed E-state index contributed by atoms with van der Waals surface area (Å²) in [6.07, 6.45) is 1.10. The first kappa shape index (κ1) is 11.8. The van der Waals surface area contributed by atoms with Crippen molar-refractivity contribution in [3.05, 3.63) is 23.2 Å². The molecule has 1 fully saturated rings. The molecule has 0 unspecified atom stereocenters. The summed E-state index contributed by atoms with van der Waals surface area (Å²) in [5.74, 6) is 0. The second kappa shape index (κ2) is 4.78. The van der Waals surface area contributed by atoms with E-state index in [9.17, 15) is 0 Å². The van der Waals surface area contributed by atoms with Crippen molar-refractivity contribution in [3.63, 3.8) is 0 Å². The number of anilines is 1. The van der Waals surface area contributed by atoms with Gasteiger partial charge in [0.25, 0.3) is 6.01 Å². The van der Waals surface area contributed by atoms with Crippen molar-refractivity contribution in [1.29, 1.82) is 0 Å². The molecule has 1 saturated heterocycles. The van der Waals surface area contributed by atoms with Gasteiger partial charge in [0.15, 0.2) is 5.58 Å². The number of rotatable bonds is 1. The summed E-state index contributed by atoms with van der Waals surface area (Å²) < 4.78 is 5.82. The van der Waals surface area contributed by atoms with Crippen LogP contribution < -0.4 is 10.2 Å². The summed E-state index contributed by atoms with van der Waals surface area (Å²) in [4.78, 5) is 6.75. The Morgan fingerprint density at radius 1 is 1.44 bits per heavy atom. The van der Waals surface area contributed by atoms with Crippen LogP contribution in [0.1, 0.15) is 13.3 Å². The van der Waals surface area contributed by atoms with E-state index >= 15 is 0 Å². The molecule has 0 aliphatic carbocycles. The number of nitrogens with zero attached hydrogens (tertiary/aromatic N) is 2. The van der Waals surface area contributed by atoms with Crippen LogP contribution in [0.3, 0.4) is 0 Å². The van der Waals surface area contributed by atoms with Crippen molar-refractivity contribution in [3.8, 4) is 0 Å². The zero-order valence-corrected chi connectivity index (χ0v) is 11.1. The van der Waals surface area contributed by atoms with E-state index in [1.807, 2.05) is 18.2 Å². The van der Waals surface area contributed by atoms with E-state index in [1.165, 1.54) is 0 Å². The zero-order chi connectivity index (χ0) is 12.5. The van der Waals surface area contributed by atoms with E-state index < -0.39 is 0 Å². The summed E-state index contributed by atoms with van der Waals surface area (Å²) in [5.41, 5.74) is 1.61. The molecule has 1 N–H and O–H groups in total. The van der Waals surface area contributed by atoms with E-state index in [0.717, 1.165) is 37.2 Å². The molecule has 96 valence electrons. The second-order valence-electron chi connectivity index (χ2n) is 4.69. The van der Waals surface area contributed by atoms with Crippen LogP contribution in [0.2, 0.25) is 5.02 Å². The SMILES string of the molecule is C[C@@H]1CCNCCN1c1nc2cc(Cl)ccc2o1. The maximum Gasteiger partial charge on any atom is 0.298 e. The predicted molar refractivity (Wildman–Crippen MR) is 73.3 cm³/mol. The molecular weight excluding hydrogens is 250 g/mol. The summed E-state index contributed by atoms with van der Waals surface area (Å²) in [6.45, 7) is 5.13. The maximum absolute atomic E-state index is 5.96. The van der Waals surface area contributed by atoms with E-state index in [-0.39, 0.29) is 0 Å². The highest BCUT2D eigenvalue weighted by molar-refractivity contribution is 6.31. The Kier molecular flexibility index (Phi) is 3.14. The fourth-order valence-electron chi connectivity index (χ4n) is 2.31. The van der Waals surface area contributed by atoms with Crippen LogP contribution in [0.25, 0.3) is 11.1 Å². The zero-order valence-electron chi connectivity index (χ0n) is 10.3. The second-order valence-corrected chi connectivity index (χ2v) is 5.13. The molecule has 3 rings (SSSR count). The standard InChI is InChI=1S/C13H16ClN3O/c1-9-4-5-15-6-7-17(9)13-16-11-8-10(14)2-3-12(11)18-13/h2-3,8-9,15H,4-7H2,1H3/t9-/m1/s1. The molecule has 5 heteroatoms. The van der Waals surface area contributed by atoms with Crippen molar-refractivity contribution in [2.45, 2.75) is 19.4 Å². The fraction of sp³-hybridized carbons (Fsp3) is 0.462. The topological polar surface area (TPSA) is 41.3 Å². The first-order valence-electron chi connectivity index (χ1n) is 6.27. The molecule has 1 aromatic heterocycles. The largest absolute Gasteiger partial charge is 0.423 e. The molecule has 1 aliphatic rings. The summed E-state index contributed by atoms with van der Waals surface area (Å²) in [6, 6.07) is 6.67. The van der Waals surface area contributed by atoms with Gasteiger partial charge >= 0.3 is 0 Å². The van der Waals surface area contributed by atoms with Crippen molar-refractivity contribution in [2.24, 2.45) is 0 Å². The number of fused-ring (bicyclic) bond motifs is 1. The lowest BCUT2D eigenvalue weighted by molar-refractivity contribution is 0.530. The molecule has 0 saturated carbocycles. The van der Waals surface area contributed by atoms with Gasteiger partial charge in [0.1, 0.15) is 5.52 Å². The normalized spacial score (nSPS) is 21.2. The summed E-state index contributed by atoms with van der Waals surface area (Å²) >= 11 is 5.96. The molecular formula is C13H16ClN3O. The lowest BCUT2D eigenvalue weighted by Crippen LogP contribution is -2.34.